The summed E-state index contributed by atoms with van der Waals surface area (Å²) < 4.78 is 30.3. The van der Waals surface area contributed by atoms with Crippen LogP contribution in [0.5, 0.6) is 0 Å². The van der Waals surface area contributed by atoms with Crippen LogP contribution in [0.3, 0.4) is 0 Å². The number of benzene rings is 1. The molecule has 0 bridgehead atoms. The Hall–Kier alpha value is -0.780. The highest BCUT2D eigenvalue weighted by Gasteiger charge is 2.12. The number of anilines is 1. The predicted molar refractivity (Wildman–Crippen MR) is 70.4 cm³/mol. The molecule has 1 rings (SSSR count). The fraction of sp³-hybridized carbons (Fsp3) is 0.455. The van der Waals surface area contributed by atoms with Crippen molar-refractivity contribution < 1.29 is 13.0 Å². The number of nitrogens with zero attached hydrogens (tertiary/aromatic N) is 1. The van der Waals surface area contributed by atoms with Gasteiger partial charge in [0.25, 0.3) is 10.1 Å². The molecule has 0 unspecified atom stereocenters. The van der Waals surface area contributed by atoms with Gasteiger partial charge in [-0.3, -0.25) is 4.55 Å². The maximum Gasteiger partial charge on any atom is 0.266 e. The summed E-state index contributed by atoms with van der Waals surface area (Å²) in [4.78, 5) is 1.86. The van der Waals surface area contributed by atoms with E-state index < -0.39 is 10.1 Å². The molecule has 0 fully saturated rings. The molecule has 0 amide bonds. The molecular formula is C11H16ClNO3S. The van der Waals surface area contributed by atoms with Gasteiger partial charge in [-0.25, -0.2) is 0 Å². The molecule has 0 aliphatic heterocycles. The van der Waals surface area contributed by atoms with Crippen molar-refractivity contribution in [2.24, 2.45) is 0 Å². The van der Waals surface area contributed by atoms with E-state index in [1.807, 2.05) is 30.0 Å². The Kier molecular flexibility index (Phi) is 5.24. The van der Waals surface area contributed by atoms with Crippen molar-refractivity contribution in [3.8, 4) is 0 Å². The van der Waals surface area contributed by atoms with Crippen LogP contribution in [0.25, 0.3) is 0 Å². The third-order valence-electron chi connectivity index (χ3n) is 2.31. The summed E-state index contributed by atoms with van der Waals surface area (Å²) in [5.41, 5.74) is 0.791. The molecule has 1 N–H and O–H groups in total. The zero-order chi connectivity index (χ0) is 12.9. The Labute approximate surface area is 107 Å². The lowest BCUT2D eigenvalue weighted by Crippen LogP contribution is -2.30. The fourth-order valence-electron chi connectivity index (χ4n) is 1.56. The van der Waals surface area contributed by atoms with Crippen LogP contribution in [0.15, 0.2) is 24.3 Å². The normalized spacial score (nSPS) is 11.5. The number of rotatable bonds is 6. The molecule has 17 heavy (non-hydrogen) atoms. The molecule has 0 spiro atoms. The molecule has 96 valence electrons. The Bertz CT molecular complexity index is 462. The fourth-order valence-corrected chi connectivity index (χ4v) is 2.26. The van der Waals surface area contributed by atoms with Gasteiger partial charge < -0.3 is 4.90 Å². The van der Waals surface area contributed by atoms with E-state index in [2.05, 4.69) is 0 Å². The van der Waals surface area contributed by atoms with Gasteiger partial charge in [0.1, 0.15) is 0 Å². The molecule has 0 heterocycles. The van der Waals surface area contributed by atoms with E-state index in [1.165, 1.54) is 0 Å². The maximum atomic E-state index is 10.8. The first-order valence-electron chi connectivity index (χ1n) is 5.38. The topological polar surface area (TPSA) is 57.6 Å². The van der Waals surface area contributed by atoms with E-state index >= 15 is 0 Å². The lowest BCUT2D eigenvalue weighted by atomic mass is 10.2. The van der Waals surface area contributed by atoms with Gasteiger partial charge in [0.05, 0.1) is 16.5 Å². The Morgan fingerprint density at radius 3 is 2.47 bits per heavy atom. The van der Waals surface area contributed by atoms with Gasteiger partial charge >= 0.3 is 0 Å². The van der Waals surface area contributed by atoms with Crippen LogP contribution < -0.4 is 4.90 Å². The molecular weight excluding hydrogens is 262 g/mol. The van der Waals surface area contributed by atoms with Crippen molar-refractivity contribution in [2.75, 3.05) is 23.7 Å². The highest BCUT2D eigenvalue weighted by Crippen LogP contribution is 2.25. The van der Waals surface area contributed by atoms with E-state index in [9.17, 15) is 8.42 Å². The molecule has 0 saturated heterocycles. The van der Waals surface area contributed by atoms with Gasteiger partial charge in [-0.2, -0.15) is 8.42 Å². The van der Waals surface area contributed by atoms with Gasteiger partial charge in [0.15, 0.2) is 0 Å². The van der Waals surface area contributed by atoms with Crippen LogP contribution in [-0.2, 0) is 10.1 Å². The van der Waals surface area contributed by atoms with E-state index in [4.69, 9.17) is 16.2 Å². The number of para-hydroxylation sites is 1. The average Bonchev–Trinajstić information content (AvgIpc) is 2.24. The lowest BCUT2D eigenvalue weighted by molar-refractivity contribution is 0.482. The van der Waals surface area contributed by atoms with Crippen molar-refractivity contribution in [1.82, 2.24) is 0 Å². The number of halogens is 1. The summed E-state index contributed by atoms with van der Waals surface area (Å²) in [5.74, 6) is -0.293. The highest BCUT2D eigenvalue weighted by molar-refractivity contribution is 7.85. The van der Waals surface area contributed by atoms with E-state index in [1.54, 1.807) is 6.07 Å². The second-order valence-electron chi connectivity index (χ2n) is 3.72. The first kappa shape index (κ1) is 14.3. The van der Waals surface area contributed by atoms with Crippen LogP contribution in [0.2, 0.25) is 5.02 Å². The standard InChI is InChI=1S/C11H16ClNO3S/c1-2-7-13(8-9-17(14,15)16)11-6-4-3-5-10(11)12/h3-6H,2,7-9H2,1H3,(H,14,15,16). The van der Waals surface area contributed by atoms with Crippen molar-refractivity contribution in [1.29, 1.82) is 0 Å². The summed E-state index contributed by atoms with van der Waals surface area (Å²) >= 11 is 6.05. The van der Waals surface area contributed by atoms with Crippen molar-refractivity contribution in [2.45, 2.75) is 13.3 Å². The average molecular weight is 278 g/mol. The SMILES string of the molecule is CCCN(CCS(=O)(=O)O)c1ccccc1Cl. The summed E-state index contributed by atoms with van der Waals surface area (Å²) in [5, 5.41) is 0.580. The van der Waals surface area contributed by atoms with Crippen LogP contribution in [0.4, 0.5) is 5.69 Å². The molecule has 4 nitrogen and oxygen atoms in total. The van der Waals surface area contributed by atoms with Crippen LogP contribution in [-0.4, -0.2) is 31.8 Å². The minimum Gasteiger partial charge on any atom is -0.369 e. The van der Waals surface area contributed by atoms with E-state index in [0.717, 1.165) is 12.1 Å². The lowest BCUT2D eigenvalue weighted by Gasteiger charge is -2.24. The Balaban J connectivity index is 2.82. The third-order valence-corrected chi connectivity index (χ3v) is 3.32. The first-order chi connectivity index (χ1) is 7.94. The zero-order valence-electron chi connectivity index (χ0n) is 9.63. The molecule has 0 radical (unpaired) electrons. The monoisotopic (exact) mass is 277 g/mol. The van der Waals surface area contributed by atoms with Gasteiger partial charge in [-0.05, 0) is 18.6 Å². The van der Waals surface area contributed by atoms with Crippen molar-refractivity contribution in [3.05, 3.63) is 29.3 Å². The van der Waals surface area contributed by atoms with Gasteiger partial charge in [-0.15, -0.1) is 0 Å². The Morgan fingerprint density at radius 1 is 1.29 bits per heavy atom. The van der Waals surface area contributed by atoms with Crippen molar-refractivity contribution >= 4 is 27.4 Å². The summed E-state index contributed by atoms with van der Waals surface area (Å²) in [7, 11) is -3.94. The van der Waals surface area contributed by atoms with Gasteiger partial charge in [0, 0.05) is 13.1 Å². The largest absolute Gasteiger partial charge is 0.369 e. The third kappa shape index (κ3) is 4.93. The van der Waals surface area contributed by atoms with E-state index in [0.29, 0.717) is 11.6 Å². The van der Waals surface area contributed by atoms with Gasteiger partial charge in [-0.1, -0.05) is 30.7 Å². The molecule has 0 saturated carbocycles. The molecule has 1 aromatic carbocycles. The second kappa shape index (κ2) is 6.23. The quantitative estimate of drug-likeness (QED) is 0.812. The maximum absolute atomic E-state index is 10.8. The molecule has 0 aromatic heterocycles. The second-order valence-corrected chi connectivity index (χ2v) is 5.70. The van der Waals surface area contributed by atoms with Crippen LogP contribution in [0.1, 0.15) is 13.3 Å². The summed E-state index contributed by atoms with van der Waals surface area (Å²) in [6.45, 7) is 2.92. The summed E-state index contributed by atoms with van der Waals surface area (Å²) in [6.07, 6.45) is 0.872. The molecule has 0 aliphatic rings. The molecule has 0 aliphatic carbocycles. The number of hydrogen-bond donors (Lipinski definition) is 1. The zero-order valence-corrected chi connectivity index (χ0v) is 11.2. The highest BCUT2D eigenvalue weighted by atomic mass is 35.5. The molecule has 0 atom stereocenters. The summed E-state index contributed by atoms with van der Waals surface area (Å²) in [6, 6.07) is 7.26. The first-order valence-corrected chi connectivity index (χ1v) is 7.37. The Morgan fingerprint density at radius 2 is 1.94 bits per heavy atom. The minimum atomic E-state index is -3.94. The van der Waals surface area contributed by atoms with Gasteiger partial charge in [0.2, 0.25) is 0 Å². The smallest absolute Gasteiger partial charge is 0.266 e. The number of hydrogen-bond acceptors (Lipinski definition) is 3. The predicted octanol–water partition coefficient (Wildman–Crippen LogP) is 2.44. The molecule has 6 heteroatoms. The van der Waals surface area contributed by atoms with E-state index in [-0.39, 0.29) is 12.3 Å². The molecule has 1 aromatic rings. The minimum absolute atomic E-state index is 0.233. The van der Waals surface area contributed by atoms with Crippen molar-refractivity contribution in [3.63, 3.8) is 0 Å². The van der Waals surface area contributed by atoms with Crippen LogP contribution in [0, 0.1) is 0 Å². The van der Waals surface area contributed by atoms with Crippen LogP contribution >= 0.6 is 11.6 Å².